The largest absolute Gasteiger partial charge is 0.348 e. The molecule has 1 aromatic rings. The summed E-state index contributed by atoms with van der Waals surface area (Å²) in [5.74, 6) is -1.04. The van der Waals surface area contributed by atoms with Crippen LogP contribution in [0.2, 0.25) is 0 Å². The lowest BCUT2D eigenvalue weighted by Gasteiger charge is -2.28. The molecule has 0 unspecified atom stereocenters. The van der Waals surface area contributed by atoms with Crippen LogP contribution in [-0.2, 0) is 15.0 Å². The van der Waals surface area contributed by atoms with E-state index in [0.717, 1.165) is 19.3 Å². The average molecular weight is 294 g/mol. The maximum Gasteiger partial charge on any atom is 0.309 e. The highest BCUT2D eigenvalue weighted by Crippen LogP contribution is 2.41. The molecule has 2 N–H and O–H groups in total. The third-order valence-corrected chi connectivity index (χ3v) is 4.71. The van der Waals surface area contributed by atoms with E-state index < -0.39 is 11.8 Å². The van der Waals surface area contributed by atoms with Gasteiger partial charge in [0.05, 0.1) is 0 Å². The first-order valence-electron chi connectivity index (χ1n) is 7.27. The van der Waals surface area contributed by atoms with Gasteiger partial charge in [-0.25, -0.2) is 0 Å². The summed E-state index contributed by atoms with van der Waals surface area (Å²) in [6.07, 6.45) is 5.38. The summed E-state index contributed by atoms with van der Waals surface area (Å²) in [5, 5.41) is 9.66. The fourth-order valence-corrected chi connectivity index (χ4v) is 3.61. The van der Waals surface area contributed by atoms with Crippen LogP contribution in [0.25, 0.3) is 0 Å². The van der Waals surface area contributed by atoms with Gasteiger partial charge in [0.2, 0.25) is 0 Å². The second kappa shape index (κ2) is 6.88. The highest BCUT2D eigenvalue weighted by atomic mass is 32.1. The first-order valence-corrected chi connectivity index (χ1v) is 8.21. The van der Waals surface area contributed by atoms with E-state index in [1.807, 2.05) is 6.92 Å². The van der Waals surface area contributed by atoms with Crippen LogP contribution in [0.1, 0.15) is 44.6 Å². The van der Waals surface area contributed by atoms with E-state index in [-0.39, 0.29) is 5.41 Å². The van der Waals surface area contributed by atoms with Crippen LogP contribution in [0, 0.1) is 0 Å². The minimum Gasteiger partial charge on any atom is -0.348 e. The summed E-state index contributed by atoms with van der Waals surface area (Å²) in [6.45, 7) is 3.06. The van der Waals surface area contributed by atoms with Crippen molar-refractivity contribution in [3.8, 4) is 0 Å². The van der Waals surface area contributed by atoms with Gasteiger partial charge in [0.15, 0.2) is 0 Å². The number of carbonyl (C=O) groups is 2. The number of amides is 2. The smallest absolute Gasteiger partial charge is 0.309 e. The van der Waals surface area contributed by atoms with Gasteiger partial charge >= 0.3 is 11.8 Å². The van der Waals surface area contributed by atoms with E-state index in [9.17, 15) is 9.59 Å². The van der Waals surface area contributed by atoms with Crippen molar-refractivity contribution in [1.82, 2.24) is 10.6 Å². The molecule has 1 aromatic heterocycles. The van der Waals surface area contributed by atoms with E-state index in [1.54, 1.807) is 11.3 Å². The van der Waals surface area contributed by atoms with Gasteiger partial charge in [-0.15, -0.1) is 0 Å². The first kappa shape index (κ1) is 15.0. The van der Waals surface area contributed by atoms with Crippen LogP contribution >= 0.6 is 11.3 Å². The molecule has 0 atom stereocenters. The van der Waals surface area contributed by atoms with E-state index in [0.29, 0.717) is 13.1 Å². The second-order valence-corrected chi connectivity index (χ2v) is 6.22. The van der Waals surface area contributed by atoms with Gasteiger partial charge in [0.1, 0.15) is 0 Å². The van der Waals surface area contributed by atoms with Gasteiger partial charge in [-0.2, -0.15) is 11.3 Å². The average Bonchev–Trinajstić information content (AvgIpc) is 3.13. The Kier molecular flexibility index (Phi) is 5.17. The topological polar surface area (TPSA) is 58.2 Å². The summed E-state index contributed by atoms with van der Waals surface area (Å²) < 4.78 is 0. The Morgan fingerprint density at radius 3 is 2.55 bits per heavy atom. The molecule has 4 nitrogen and oxygen atoms in total. The molecule has 1 saturated carbocycles. The van der Waals surface area contributed by atoms with Crippen LogP contribution in [0.3, 0.4) is 0 Å². The van der Waals surface area contributed by atoms with Gasteiger partial charge < -0.3 is 10.6 Å². The van der Waals surface area contributed by atoms with E-state index in [4.69, 9.17) is 0 Å². The molecule has 0 saturated heterocycles. The fraction of sp³-hybridized carbons (Fsp3) is 0.600. The maximum atomic E-state index is 11.8. The quantitative estimate of drug-likeness (QED) is 0.818. The van der Waals surface area contributed by atoms with E-state index >= 15 is 0 Å². The zero-order chi connectivity index (χ0) is 14.4. The minimum absolute atomic E-state index is 0.0285. The zero-order valence-electron chi connectivity index (χ0n) is 11.9. The summed E-state index contributed by atoms with van der Waals surface area (Å²) in [4.78, 5) is 23.4. The van der Waals surface area contributed by atoms with Crippen LogP contribution in [0.4, 0.5) is 0 Å². The fourth-order valence-electron chi connectivity index (χ4n) is 2.83. The molecule has 1 aliphatic carbocycles. The van der Waals surface area contributed by atoms with Crippen molar-refractivity contribution < 1.29 is 9.59 Å². The molecule has 0 radical (unpaired) electrons. The van der Waals surface area contributed by atoms with Gasteiger partial charge in [-0.1, -0.05) is 19.8 Å². The predicted octanol–water partition coefficient (Wildman–Crippen LogP) is 2.20. The van der Waals surface area contributed by atoms with Crippen LogP contribution < -0.4 is 10.6 Å². The van der Waals surface area contributed by atoms with Crippen molar-refractivity contribution in [2.75, 3.05) is 13.1 Å². The van der Waals surface area contributed by atoms with Crippen molar-refractivity contribution in [1.29, 1.82) is 0 Å². The number of thiophene rings is 1. The molecule has 0 aromatic carbocycles. The van der Waals surface area contributed by atoms with E-state index in [1.165, 1.54) is 18.4 Å². The third kappa shape index (κ3) is 3.39. The van der Waals surface area contributed by atoms with Gasteiger partial charge in [-0.3, -0.25) is 9.59 Å². The highest BCUT2D eigenvalue weighted by molar-refractivity contribution is 7.08. The molecule has 2 rings (SSSR count). The number of hydrogen-bond acceptors (Lipinski definition) is 3. The molecule has 2 amide bonds. The van der Waals surface area contributed by atoms with Crippen molar-refractivity contribution in [2.45, 2.75) is 44.4 Å². The Morgan fingerprint density at radius 1 is 1.25 bits per heavy atom. The van der Waals surface area contributed by atoms with E-state index in [2.05, 4.69) is 27.5 Å². The molecule has 5 heteroatoms. The molecule has 0 bridgehead atoms. The number of carbonyl (C=O) groups excluding carboxylic acids is 2. The van der Waals surface area contributed by atoms with Crippen LogP contribution in [0.5, 0.6) is 0 Å². The van der Waals surface area contributed by atoms with Crippen LogP contribution in [-0.4, -0.2) is 24.9 Å². The standard InChI is InChI=1S/C15H22N2O2S/c1-2-8-16-13(18)14(19)17-11-15(6-3-4-7-15)12-5-9-20-10-12/h5,9-10H,2-4,6-8,11H2,1H3,(H,16,18)(H,17,19). The Labute approximate surface area is 124 Å². The summed E-state index contributed by atoms with van der Waals surface area (Å²) >= 11 is 1.68. The molecule has 1 heterocycles. The van der Waals surface area contributed by atoms with Gasteiger partial charge in [-0.05, 0) is 41.7 Å². The van der Waals surface area contributed by atoms with Crippen molar-refractivity contribution in [3.05, 3.63) is 22.4 Å². The molecule has 1 fully saturated rings. The Hall–Kier alpha value is -1.36. The SMILES string of the molecule is CCCNC(=O)C(=O)NCC1(c2ccsc2)CCCC1. The lowest BCUT2D eigenvalue weighted by atomic mass is 9.80. The first-order chi connectivity index (χ1) is 9.68. The highest BCUT2D eigenvalue weighted by Gasteiger charge is 2.36. The van der Waals surface area contributed by atoms with Crippen molar-refractivity contribution in [3.63, 3.8) is 0 Å². The van der Waals surface area contributed by atoms with Gasteiger partial charge in [0.25, 0.3) is 0 Å². The monoisotopic (exact) mass is 294 g/mol. The minimum atomic E-state index is -0.523. The molecule has 0 spiro atoms. The summed E-state index contributed by atoms with van der Waals surface area (Å²) in [5.41, 5.74) is 1.33. The lowest BCUT2D eigenvalue weighted by Crippen LogP contribution is -2.45. The molecule has 0 aliphatic heterocycles. The lowest BCUT2D eigenvalue weighted by molar-refractivity contribution is -0.139. The normalized spacial score (nSPS) is 16.9. The molecule has 1 aliphatic rings. The maximum absolute atomic E-state index is 11.8. The number of nitrogens with one attached hydrogen (secondary N) is 2. The van der Waals surface area contributed by atoms with Crippen molar-refractivity contribution in [2.24, 2.45) is 0 Å². The molecule has 20 heavy (non-hydrogen) atoms. The molecule has 110 valence electrons. The molecular formula is C15H22N2O2S. The Balaban J connectivity index is 1.93. The number of hydrogen-bond donors (Lipinski definition) is 2. The Bertz CT molecular complexity index is 450. The molecular weight excluding hydrogens is 272 g/mol. The number of rotatable bonds is 5. The third-order valence-electron chi connectivity index (χ3n) is 4.02. The summed E-state index contributed by atoms with van der Waals surface area (Å²) in [7, 11) is 0. The zero-order valence-corrected chi connectivity index (χ0v) is 12.7. The van der Waals surface area contributed by atoms with Gasteiger partial charge in [0, 0.05) is 18.5 Å². The second-order valence-electron chi connectivity index (χ2n) is 5.44. The summed E-state index contributed by atoms with van der Waals surface area (Å²) in [6, 6.07) is 2.14. The predicted molar refractivity (Wildman–Crippen MR) is 80.8 cm³/mol. The Morgan fingerprint density at radius 2 is 1.95 bits per heavy atom. The van der Waals surface area contributed by atoms with Crippen molar-refractivity contribution >= 4 is 23.2 Å². The van der Waals surface area contributed by atoms with Crippen LogP contribution in [0.15, 0.2) is 16.8 Å².